The van der Waals surface area contributed by atoms with Crippen molar-refractivity contribution in [1.82, 2.24) is 10.2 Å². The topological polar surface area (TPSA) is 61.8 Å². The van der Waals surface area contributed by atoms with Crippen molar-refractivity contribution >= 4 is 5.97 Å². The van der Waals surface area contributed by atoms with Crippen LogP contribution in [-0.4, -0.2) is 55.3 Å². The first-order valence-electron chi connectivity index (χ1n) is 7.57. The third-order valence-corrected chi connectivity index (χ3v) is 3.38. The predicted octanol–water partition coefficient (Wildman–Crippen LogP) is 2.09. The summed E-state index contributed by atoms with van der Waals surface area (Å²) in [6, 6.07) is 6.71. The second-order valence-electron chi connectivity index (χ2n) is 4.78. The van der Waals surface area contributed by atoms with E-state index in [2.05, 4.69) is 24.1 Å². The van der Waals surface area contributed by atoms with Crippen molar-refractivity contribution in [2.24, 2.45) is 0 Å². The minimum atomic E-state index is -0.960. The highest BCUT2D eigenvalue weighted by Gasteiger charge is 2.09. The molecule has 0 aliphatic rings. The average molecular weight is 294 g/mol. The maximum atomic E-state index is 11.0. The van der Waals surface area contributed by atoms with Crippen molar-refractivity contribution < 1.29 is 14.6 Å². The van der Waals surface area contributed by atoms with Gasteiger partial charge in [-0.25, -0.2) is 4.79 Å². The lowest BCUT2D eigenvalue weighted by Crippen LogP contribution is -2.28. The van der Waals surface area contributed by atoms with E-state index in [1.807, 2.05) is 0 Å². The zero-order valence-corrected chi connectivity index (χ0v) is 13.0. The monoisotopic (exact) mass is 294 g/mol. The second-order valence-corrected chi connectivity index (χ2v) is 4.78. The Balaban J connectivity index is 2.16. The van der Waals surface area contributed by atoms with Crippen molar-refractivity contribution in [3.05, 3.63) is 29.8 Å². The van der Waals surface area contributed by atoms with Gasteiger partial charge in [-0.3, -0.25) is 0 Å². The predicted molar refractivity (Wildman–Crippen MR) is 84.2 cm³/mol. The van der Waals surface area contributed by atoms with Crippen LogP contribution in [-0.2, 0) is 0 Å². The zero-order chi connectivity index (χ0) is 15.5. The van der Waals surface area contributed by atoms with Crippen LogP contribution in [0.5, 0.6) is 5.75 Å². The normalized spacial score (nSPS) is 10.8. The number of rotatable bonds is 11. The molecule has 0 bridgehead atoms. The minimum Gasteiger partial charge on any atom is -0.491 e. The quantitative estimate of drug-likeness (QED) is 0.612. The number of benzene rings is 1. The Labute approximate surface area is 126 Å². The molecule has 0 aliphatic heterocycles. The van der Waals surface area contributed by atoms with Gasteiger partial charge in [-0.2, -0.15) is 0 Å². The highest BCUT2D eigenvalue weighted by atomic mass is 16.5. The first-order valence-corrected chi connectivity index (χ1v) is 7.57. The molecule has 0 heterocycles. The Kier molecular flexibility index (Phi) is 8.47. The van der Waals surface area contributed by atoms with Gasteiger partial charge in [0.05, 0.1) is 0 Å². The number of carboxylic acid groups (broad SMARTS) is 1. The lowest BCUT2D eigenvalue weighted by atomic mass is 10.2. The molecule has 0 unspecified atom stereocenters. The summed E-state index contributed by atoms with van der Waals surface area (Å²) in [6.07, 6.45) is 1.10. The molecule has 0 saturated carbocycles. The van der Waals surface area contributed by atoms with Crippen LogP contribution in [0, 0.1) is 0 Å². The van der Waals surface area contributed by atoms with Crippen molar-refractivity contribution in [2.45, 2.75) is 20.3 Å². The largest absolute Gasteiger partial charge is 0.491 e. The molecule has 118 valence electrons. The minimum absolute atomic E-state index is 0.207. The molecule has 0 amide bonds. The Hall–Kier alpha value is -1.59. The van der Waals surface area contributed by atoms with Gasteiger partial charge in [0.15, 0.2) is 0 Å². The number of carboxylic acids is 1. The fourth-order valence-electron chi connectivity index (χ4n) is 2.09. The van der Waals surface area contributed by atoms with Crippen LogP contribution in [0.4, 0.5) is 0 Å². The van der Waals surface area contributed by atoms with Gasteiger partial charge in [0.25, 0.3) is 0 Å². The van der Waals surface area contributed by atoms with Gasteiger partial charge < -0.3 is 20.1 Å². The lowest BCUT2D eigenvalue weighted by molar-refractivity contribution is 0.0692. The average Bonchev–Trinajstić information content (AvgIpc) is 2.50. The highest BCUT2D eigenvalue weighted by Crippen LogP contribution is 2.17. The van der Waals surface area contributed by atoms with Crippen molar-refractivity contribution in [3.8, 4) is 5.75 Å². The summed E-state index contributed by atoms with van der Waals surface area (Å²) >= 11 is 0. The van der Waals surface area contributed by atoms with Crippen LogP contribution in [0.25, 0.3) is 0 Å². The third-order valence-electron chi connectivity index (χ3n) is 3.38. The highest BCUT2D eigenvalue weighted by molar-refractivity contribution is 5.90. The smallest absolute Gasteiger partial charge is 0.339 e. The molecule has 0 radical (unpaired) electrons. The van der Waals surface area contributed by atoms with Gasteiger partial charge in [-0.15, -0.1) is 0 Å². The van der Waals surface area contributed by atoms with Gasteiger partial charge in [0.2, 0.25) is 0 Å². The summed E-state index contributed by atoms with van der Waals surface area (Å²) in [5.74, 6) is -0.535. The molecule has 0 aromatic heterocycles. The van der Waals surface area contributed by atoms with E-state index in [1.54, 1.807) is 24.3 Å². The molecule has 5 heteroatoms. The molecule has 0 spiro atoms. The van der Waals surface area contributed by atoms with E-state index in [-0.39, 0.29) is 5.56 Å². The summed E-state index contributed by atoms with van der Waals surface area (Å²) < 4.78 is 5.51. The van der Waals surface area contributed by atoms with Crippen LogP contribution < -0.4 is 10.1 Å². The van der Waals surface area contributed by atoms with Crippen LogP contribution in [0.3, 0.4) is 0 Å². The first-order chi connectivity index (χ1) is 10.2. The van der Waals surface area contributed by atoms with E-state index in [0.29, 0.717) is 18.9 Å². The van der Waals surface area contributed by atoms with E-state index < -0.39 is 5.97 Å². The Morgan fingerprint density at radius 2 is 1.95 bits per heavy atom. The van der Waals surface area contributed by atoms with E-state index in [4.69, 9.17) is 9.84 Å². The first kappa shape index (κ1) is 17.5. The number of aromatic carboxylic acids is 1. The fourth-order valence-corrected chi connectivity index (χ4v) is 2.09. The summed E-state index contributed by atoms with van der Waals surface area (Å²) in [6.45, 7) is 9.75. The summed E-state index contributed by atoms with van der Waals surface area (Å²) in [4.78, 5) is 13.4. The molecule has 1 aromatic rings. The van der Waals surface area contributed by atoms with Crippen LogP contribution in [0.2, 0.25) is 0 Å². The molecule has 1 aromatic carbocycles. The van der Waals surface area contributed by atoms with Crippen molar-refractivity contribution in [1.29, 1.82) is 0 Å². The molecule has 21 heavy (non-hydrogen) atoms. The Morgan fingerprint density at radius 1 is 1.24 bits per heavy atom. The molecule has 0 saturated heterocycles. The van der Waals surface area contributed by atoms with Crippen molar-refractivity contribution in [3.63, 3.8) is 0 Å². The summed E-state index contributed by atoms with van der Waals surface area (Å²) in [5.41, 5.74) is 0.207. The molecule has 0 aliphatic carbocycles. The molecular formula is C16H26N2O3. The van der Waals surface area contributed by atoms with E-state index in [1.165, 1.54) is 0 Å². The SMILES string of the molecule is CCN(CC)CCCNCCOc1ccccc1C(=O)O. The third kappa shape index (κ3) is 6.60. The maximum Gasteiger partial charge on any atom is 0.339 e. The number of ether oxygens (including phenoxy) is 1. The summed E-state index contributed by atoms with van der Waals surface area (Å²) in [7, 11) is 0. The number of nitrogens with zero attached hydrogens (tertiary/aromatic N) is 1. The number of nitrogens with one attached hydrogen (secondary N) is 1. The molecule has 0 fully saturated rings. The van der Waals surface area contributed by atoms with Crippen molar-refractivity contribution in [2.75, 3.05) is 39.3 Å². The number of hydrogen-bond acceptors (Lipinski definition) is 4. The Morgan fingerprint density at radius 3 is 2.62 bits per heavy atom. The Bertz CT molecular complexity index is 420. The maximum absolute atomic E-state index is 11.0. The lowest BCUT2D eigenvalue weighted by Gasteiger charge is -2.17. The standard InChI is InChI=1S/C16H26N2O3/c1-3-18(4-2)12-7-10-17-11-13-21-15-9-6-5-8-14(15)16(19)20/h5-6,8-9,17H,3-4,7,10-13H2,1-2H3,(H,19,20). The zero-order valence-electron chi connectivity index (χ0n) is 13.0. The van der Waals surface area contributed by atoms with Gasteiger partial charge in [0.1, 0.15) is 17.9 Å². The number of carbonyl (C=O) groups is 1. The molecule has 2 N–H and O–H groups in total. The van der Waals surface area contributed by atoms with Crippen LogP contribution >= 0.6 is 0 Å². The van der Waals surface area contributed by atoms with Gasteiger partial charge in [0, 0.05) is 6.54 Å². The molecular weight excluding hydrogens is 268 g/mol. The summed E-state index contributed by atoms with van der Waals surface area (Å²) in [5, 5.41) is 12.3. The van der Waals surface area contributed by atoms with Crippen LogP contribution in [0.1, 0.15) is 30.6 Å². The molecule has 5 nitrogen and oxygen atoms in total. The second kappa shape index (κ2) is 10.2. The van der Waals surface area contributed by atoms with E-state index in [0.717, 1.165) is 32.6 Å². The fraction of sp³-hybridized carbons (Fsp3) is 0.562. The van der Waals surface area contributed by atoms with E-state index >= 15 is 0 Å². The van der Waals surface area contributed by atoms with Gasteiger partial charge in [-0.05, 0) is 44.7 Å². The van der Waals surface area contributed by atoms with Crippen LogP contribution in [0.15, 0.2) is 24.3 Å². The molecule has 1 rings (SSSR count). The van der Waals surface area contributed by atoms with E-state index in [9.17, 15) is 4.79 Å². The van der Waals surface area contributed by atoms with Gasteiger partial charge >= 0.3 is 5.97 Å². The number of hydrogen-bond donors (Lipinski definition) is 2. The van der Waals surface area contributed by atoms with Gasteiger partial charge in [-0.1, -0.05) is 26.0 Å². The molecule has 0 atom stereocenters. The number of para-hydroxylation sites is 1.